The number of nitrogens with zero attached hydrogens (tertiary/aromatic N) is 1. The Kier molecular flexibility index (Phi) is 4.90. The molecule has 0 fully saturated rings. The molecule has 5 heteroatoms. The van der Waals surface area contributed by atoms with E-state index in [1.807, 2.05) is 31.2 Å². The predicted octanol–water partition coefficient (Wildman–Crippen LogP) is 2.12. The van der Waals surface area contributed by atoms with Crippen molar-refractivity contribution in [1.82, 2.24) is 10.5 Å². The standard InChI is InChI=1S/C15H19N3O2/c1-11-4-6-12(7-5-11)13-10-14(20-18-13)15(19)17-9-3-2-8-16/h4-7,10H,2-3,8-9,16H2,1H3,(H,17,19). The molecule has 0 saturated carbocycles. The van der Waals surface area contributed by atoms with Gasteiger partial charge in [0.05, 0.1) is 0 Å². The summed E-state index contributed by atoms with van der Waals surface area (Å²) in [6.45, 7) is 3.25. The fourth-order valence-electron chi connectivity index (χ4n) is 1.80. The zero-order chi connectivity index (χ0) is 14.4. The molecule has 0 aliphatic rings. The maximum Gasteiger partial charge on any atom is 0.289 e. The fraction of sp³-hybridized carbons (Fsp3) is 0.333. The number of aromatic nitrogens is 1. The van der Waals surface area contributed by atoms with Crippen LogP contribution in [0.5, 0.6) is 0 Å². The van der Waals surface area contributed by atoms with Crippen molar-refractivity contribution < 1.29 is 9.32 Å². The second-order valence-electron chi connectivity index (χ2n) is 4.69. The van der Waals surface area contributed by atoms with E-state index in [9.17, 15) is 4.79 Å². The van der Waals surface area contributed by atoms with E-state index in [1.54, 1.807) is 6.07 Å². The lowest BCUT2D eigenvalue weighted by Gasteiger charge is -2.00. The Morgan fingerprint density at radius 1 is 1.30 bits per heavy atom. The van der Waals surface area contributed by atoms with Crippen LogP contribution in [0.15, 0.2) is 34.9 Å². The Labute approximate surface area is 118 Å². The van der Waals surface area contributed by atoms with Crippen LogP contribution in [0, 0.1) is 6.92 Å². The van der Waals surface area contributed by atoms with Gasteiger partial charge in [-0.25, -0.2) is 0 Å². The summed E-state index contributed by atoms with van der Waals surface area (Å²) >= 11 is 0. The number of nitrogens with two attached hydrogens (primary N) is 1. The molecule has 0 radical (unpaired) electrons. The Morgan fingerprint density at radius 2 is 2.05 bits per heavy atom. The highest BCUT2D eigenvalue weighted by Gasteiger charge is 2.13. The summed E-state index contributed by atoms with van der Waals surface area (Å²) in [7, 11) is 0. The molecule has 1 aromatic carbocycles. The van der Waals surface area contributed by atoms with Gasteiger partial charge in [-0.15, -0.1) is 0 Å². The monoisotopic (exact) mass is 273 g/mol. The van der Waals surface area contributed by atoms with Crippen LogP contribution >= 0.6 is 0 Å². The Morgan fingerprint density at radius 3 is 2.75 bits per heavy atom. The van der Waals surface area contributed by atoms with Gasteiger partial charge >= 0.3 is 0 Å². The van der Waals surface area contributed by atoms with E-state index < -0.39 is 0 Å². The molecule has 1 amide bonds. The molecule has 0 saturated heterocycles. The van der Waals surface area contributed by atoms with E-state index in [4.69, 9.17) is 10.3 Å². The molecule has 0 spiro atoms. The number of rotatable bonds is 6. The van der Waals surface area contributed by atoms with Crippen molar-refractivity contribution in [1.29, 1.82) is 0 Å². The van der Waals surface area contributed by atoms with Crippen LogP contribution in [0.2, 0.25) is 0 Å². The number of carbonyl (C=O) groups is 1. The van der Waals surface area contributed by atoms with Gasteiger partial charge in [-0.3, -0.25) is 4.79 Å². The number of unbranched alkanes of at least 4 members (excludes halogenated alkanes) is 1. The van der Waals surface area contributed by atoms with E-state index >= 15 is 0 Å². The van der Waals surface area contributed by atoms with Crippen molar-refractivity contribution >= 4 is 5.91 Å². The fourth-order valence-corrected chi connectivity index (χ4v) is 1.80. The van der Waals surface area contributed by atoms with E-state index in [2.05, 4.69) is 10.5 Å². The maximum absolute atomic E-state index is 11.8. The predicted molar refractivity (Wildman–Crippen MR) is 77.3 cm³/mol. The summed E-state index contributed by atoms with van der Waals surface area (Å²) < 4.78 is 5.08. The van der Waals surface area contributed by atoms with Crippen LogP contribution in [-0.2, 0) is 0 Å². The quantitative estimate of drug-likeness (QED) is 0.790. The SMILES string of the molecule is Cc1ccc(-c2cc(C(=O)NCCCCN)on2)cc1. The Balaban J connectivity index is 1.98. The van der Waals surface area contributed by atoms with Gasteiger partial charge in [-0.05, 0) is 26.3 Å². The molecule has 20 heavy (non-hydrogen) atoms. The molecule has 106 valence electrons. The minimum Gasteiger partial charge on any atom is -0.350 e. The largest absolute Gasteiger partial charge is 0.350 e. The average Bonchev–Trinajstić information content (AvgIpc) is 2.94. The number of amides is 1. The molecule has 0 bridgehead atoms. The van der Waals surface area contributed by atoms with Gasteiger partial charge in [0.2, 0.25) is 5.76 Å². The number of hydrogen-bond donors (Lipinski definition) is 2. The zero-order valence-electron chi connectivity index (χ0n) is 11.6. The van der Waals surface area contributed by atoms with Gasteiger partial charge in [0, 0.05) is 18.2 Å². The average molecular weight is 273 g/mol. The molecule has 1 aromatic heterocycles. The molecular formula is C15H19N3O2. The molecule has 2 aromatic rings. The second-order valence-corrected chi connectivity index (χ2v) is 4.69. The van der Waals surface area contributed by atoms with Gasteiger partial charge in [-0.1, -0.05) is 35.0 Å². The van der Waals surface area contributed by atoms with Crippen molar-refractivity contribution in [2.45, 2.75) is 19.8 Å². The number of nitrogens with one attached hydrogen (secondary N) is 1. The summed E-state index contributed by atoms with van der Waals surface area (Å²) in [6, 6.07) is 9.56. The number of carbonyl (C=O) groups excluding carboxylic acids is 1. The van der Waals surface area contributed by atoms with Crippen LogP contribution in [0.3, 0.4) is 0 Å². The molecule has 2 rings (SSSR count). The number of aryl methyl sites for hydroxylation is 1. The summed E-state index contributed by atoms with van der Waals surface area (Å²) in [5.74, 6) is -0.0128. The van der Waals surface area contributed by atoms with Crippen molar-refractivity contribution in [3.05, 3.63) is 41.7 Å². The number of hydrogen-bond acceptors (Lipinski definition) is 4. The highest BCUT2D eigenvalue weighted by Crippen LogP contribution is 2.19. The third-order valence-electron chi connectivity index (χ3n) is 3.00. The summed E-state index contributed by atoms with van der Waals surface area (Å²) in [5.41, 5.74) is 8.17. The third-order valence-corrected chi connectivity index (χ3v) is 3.00. The summed E-state index contributed by atoms with van der Waals surface area (Å²) in [4.78, 5) is 11.8. The molecule has 1 heterocycles. The van der Waals surface area contributed by atoms with Gasteiger partial charge in [0.25, 0.3) is 5.91 Å². The zero-order valence-corrected chi connectivity index (χ0v) is 11.6. The van der Waals surface area contributed by atoms with Crippen LogP contribution in [-0.4, -0.2) is 24.2 Å². The lowest BCUT2D eigenvalue weighted by Crippen LogP contribution is -2.24. The van der Waals surface area contributed by atoms with Crippen molar-refractivity contribution in [3.8, 4) is 11.3 Å². The Hall–Kier alpha value is -2.14. The third kappa shape index (κ3) is 3.68. The Bertz CT molecular complexity index is 561. The van der Waals surface area contributed by atoms with Crippen molar-refractivity contribution in [2.24, 2.45) is 5.73 Å². The molecule has 0 aliphatic carbocycles. The molecule has 0 unspecified atom stereocenters. The van der Waals surface area contributed by atoms with E-state index in [0.717, 1.165) is 18.4 Å². The lowest BCUT2D eigenvalue weighted by molar-refractivity contribution is 0.0916. The van der Waals surface area contributed by atoms with Crippen LogP contribution in [0.25, 0.3) is 11.3 Å². The second kappa shape index (κ2) is 6.86. The van der Waals surface area contributed by atoms with E-state index in [-0.39, 0.29) is 11.7 Å². The minimum atomic E-state index is -0.243. The smallest absolute Gasteiger partial charge is 0.289 e. The van der Waals surface area contributed by atoms with Crippen LogP contribution < -0.4 is 11.1 Å². The molecule has 0 atom stereocenters. The lowest BCUT2D eigenvalue weighted by atomic mass is 10.1. The van der Waals surface area contributed by atoms with E-state index in [1.165, 1.54) is 5.56 Å². The first-order valence-electron chi connectivity index (χ1n) is 6.72. The van der Waals surface area contributed by atoms with Gasteiger partial charge in [0.1, 0.15) is 5.69 Å². The van der Waals surface area contributed by atoms with Crippen molar-refractivity contribution in [2.75, 3.05) is 13.1 Å². The molecule has 3 N–H and O–H groups in total. The van der Waals surface area contributed by atoms with Crippen molar-refractivity contribution in [3.63, 3.8) is 0 Å². The van der Waals surface area contributed by atoms with E-state index in [0.29, 0.717) is 18.8 Å². The van der Waals surface area contributed by atoms with Crippen LogP contribution in [0.1, 0.15) is 29.0 Å². The first-order chi connectivity index (χ1) is 9.70. The first-order valence-corrected chi connectivity index (χ1v) is 6.72. The minimum absolute atomic E-state index is 0.230. The molecule has 5 nitrogen and oxygen atoms in total. The first kappa shape index (κ1) is 14.3. The van der Waals surface area contributed by atoms with Crippen LogP contribution in [0.4, 0.5) is 0 Å². The summed E-state index contributed by atoms with van der Waals surface area (Å²) in [5, 5.41) is 6.71. The highest BCUT2D eigenvalue weighted by molar-refractivity contribution is 5.92. The summed E-state index contributed by atoms with van der Waals surface area (Å²) in [6.07, 6.45) is 1.76. The highest BCUT2D eigenvalue weighted by atomic mass is 16.5. The molecular weight excluding hydrogens is 254 g/mol. The number of benzene rings is 1. The van der Waals surface area contributed by atoms with Gasteiger partial charge < -0.3 is 15.6 Å². The van der Waals surface area contributed by atoms with Gasteiger partial charge in [0.15, 0.2) is 0 Å². The molecule has 0 aliphatic heterocycles. The maximum atomic E-state index is 11.8. The normalized spacial score (nSPS) is 10.5. The van der Waals surface area contributed by atoms with Gasteiger partial charge in [-0.2, -0.15) is 0 Å². The topological polar surface area (TPSA) is 81.2 Å².